The lowest BCUT2D eigenvalue weighted by atomic mass is 10.0. The van der Waals surface area contributed by atoms with E-state index in [9.17, 15) is 40.7 Å². The summed E-state index contributed by atoms with van der Waals surface area (Å²) in [7, 11) is 0. The Hall–Kier alpha value is -4.59. The molecule has 3 aromatic rings. The Morgan fingerprint density at radius 2 is 1.48 bits per heavy atom. The maximum absolute atomic E-state index is 13.5. The Bertz CT molecular complexity index is 1620. The molecule has 1 atom stereocenters. The molecule has 0 saturated heterocycles. The van der Waals surface area contributed by atoms with Gasteiger partial charge < -0.3 is 26.6 Å². The summed E-state index contributed by atoms with van der Waals surface area (Å²) in [4.78, 5) is 39.0. The number of nitrogens with one attached hydrogen (secondary N) is 5. The van der Waals surface area contributed by atoms with E-state index in [1.165, 1.54) is 18.2 Å². The van der Waals surface area contributed by atoms with Crippen molar-refractivity contribution in [2.24, 2.45) is 0 Å². The van der Waals surface area contributed by atoms with E-state index in [1.54, 1.807) is 20.8 Å². The van der Waals surface area contributed by atoms with Crippen molar-refractivity contribution in [3.63, 3.8) is 0 Å². The lowest BCUT2D eigenvalue weighted by molar-refractivity contribution is -0.138. The predicted octanol–water partition coefficient (Wildman–Crippen LogP) is 5.87. The van der Waals surface area contributed by atoms with Crippen LogP contribution in [-0.2, 0) is 35.0 Å². The van der Waals surface area contributed by atoms with E-state index < -0.39 is 71.4 Å². The average molecular weight is 680 g/mol. The molecule has 0 spiro atoms. The Kier molecular flexibility index (Phi) is 12.3. The van der Waals surface area contributed by atoms with E-state index >= 15 is 0 Å². The number of amides is 3. The third-order valence-corrected chi connectivity index (χ3v) is 7.10. The van der Waals surface area contributed by atoms with Crippen molar-refractivity contribution in [3.8, 4) is 0 Å². The van der Waals surface area contributed by atoms with Crippen LogP contribution in [-0.4, -0.2) is 42.4 Å². The molecule has 1 unspecified atom stereocenters. The molecule has 0 radical (unpaired) electrons. The molecule has 0 aliphatic rings. The summed E-state index contributed by atoms with van der Waals surface area (Å²) >= 11 is 0. The van der Waals surface area contributed by atoms with Crippen LogP contribution in [0.3, 0.4) is 0 Å². The minimum absolute atomic E-state index is 0.0238. The zero-order valence-electron chi connectivity index (χ0n) is 27.2. The summed E-state index contributed by atoms with van der Waals surface area (Å²) in [6.07, 6.45) is -9.51. The van der Waals surface area contributed by atoms with Crippen LogP contribution < -0.4 is 26.6 Å². The lowest BCUT2D eigenvalue weighted by Crippen LogP contribution is -2.56. The van der Waals surface area contributed by atoms with Gasteiger partial charge in [-0.25, -0.2) is 0 Å². The van der Waals surface area contributed by atoms with E-state index in [1.807, 2.05) is 32.0 Å². The van der Waals surface area contributed by atoms with Crippen LogP contribution in [0.1, 0.15) is 64.5 Å². The van der Waals surface area contributed by atoms with E-state index in [2.05, 4.69) is 26.6 Å². The van der Waals surface area contributed by atoms with Gasteiger partial charge in [0.1, 0.15) is 6.04 Å². The number of alkyl halides is 6. The summed E-state index contributed by atoms with van der Waals surface area (Å²) in [5, 5.41) is 13.3. The highest BCUT2D eigenvalue weighted by Crippen LogP contribution is 2.34. The number of hydrogen-bond donors (Lipinski definition) is 5. The van der Waals surface area contributed by atoms with Gasteiger partial charge in [-0.15, -0.1) is 0 Å². The summed E-state index contributed by atoms with van der Waals surface area (Å²) < 4.78 is 80.9. The number of benzene rings is 3. The first-order valence-corrected chi connectivity index (χ1v) is 15.0. The van der Waals surface area contributed by atoms with E-state index in [0.717, 1.165) is 28.8 Å². The minimum Gasteiger partial charge on any atom is -0.380 e. The molecule has 260 valence electrons. The topological polar surface area (TPSA) is 111 Å². The largest absolute Gasteiger partial charge is 0.416 e. The van der Waals surface area contributed by atoms with Gasteiger partial charge in [0.25, 0.3) is 5.91 Å². The first-order chi connectivity index (χ1) is 22.2. The number of hydrogen-bond acceptors (Lipinski definition) is 5. The van der Waals surface area contributed by atoms with Gasteiger partial charge in [-0.3, -0.25) is 14.4 Å². The fourth-order valence-corrected chi connectivity index (χ4v) is 4.77. The molecule has 0 fully saturated rings. The molecule has 0 heterocycles. The summed E-state index contributed by atoms with van der Waals surface area (Å²) in [5.74, 6) is -2.39. The molecular weight excluding hydrogens is 640 g/mol. The predicted molar refractivity (Wildman–Crippen MR) is 170 cm³/mol. The molecule has 0 saturated carbocycles. The van der Waals surface area contributed by atoms with Crippen LogP contribution in [0.15, 0.2) is 60.7 Å². The minimum atomic E-state index is -4.83. The highest BCUT2D eigenvalue weighted by atomic mass is 19.4. The molecule has 0 aliphatic heterocycles. The monoisotopic (exact) mass is 679 g/mol. The summed E-state index contributed by atoms with van der Waals surface area (Å²) in [6, 6.07) is 11.6. The van der Waals surface area contributed by atoms with Gasteiger partial charge in [-0.2, -0.15) is 26.3 Å². The van der Waals surface area contributed by atoms with Gasteiger partial charge in [0, 0.05) is 30.9 Å². The fraction of sp³-hybridized carbons (Fsp3) is 0.382. The van der Waals surface area contributed by atoms with Crippen molar-refractivity contribution in [1.29, 1.82) is 0 Å². The fourth-order valence-electron chi connectivity index (χ4n) is 4.77. The second-order valence-corrected chi connectivity index (χ2v) is 12.4. The zero-order valence-corrected chi connectivity index (χ0v) is 27.2. The second kappa shape index (κ2) is 15.5. The van der Waals surface area contributed by atoms with Crippen LogP contribution in [0, 0.1) is 13.8 Å². The van der Waals surface area contributed by atoms with Gasteiger partial charge in [0.05, 0.1) is 23.2 Å². The smallest absolute Gasteiger partial charge is 0.380 e. The molecule has 0 bridgehead atoms. The first-order valence-electron chi connectivity index (χ1n) is 15.0. The highest BCUT2D eigenvalue weighted by Gasteiger charge is 2.34. The van der Waals surface area contributed by atoms with Gasteiger partial charge in [0.15, 0.2) is 0 Å². The van der Waals surface area contributed by atoms with Gasteiger partial charge in [-0.1, -0.05) is 42.0 Å². The number of halogens is 6. The highest BCUT2D eigenvalue weighted by molar-refractivity contribution is 6.01. The van der Waals surface area contributed by atoms with Crippen molar-refractivity contribution in [2.45, 2.75) is 71.6 Å². The molecule has 3 rings (SSSR count). The molecule has 3 aromatic carbocycles. The normalized spacial score (nSPS) is 12.6. The van der Waals surface area contributed by atoms with Crippen LogP contribution in [0.5, 0.6) is 0 Å². The van der Waals surface area contributed by atoms with E-state index in [4.69, 9.17) is 0 Å². The quantitative estimate of drug-likeness (QED) is 0.154. The number of aryl methyl sites for hydroxylation is 2. The van der Waals surface area contributed by atoms with Gasteiger partial charge in [0.2, 0.25) is 11.8 Å². The maximum Gasteiger partial charge on any atom is 0.416 e. The van der Waals surface area contributed by atoms with Crippen molar-refractivity contribution in [1.82, 2.24) is 21.3 Å². The molecule has 14 heteroatoms. The van der Waals surface area contributed by atoms with Crippen molar-refractivity contribution < 1.29 is 40.7 Å². The average Bonchev–Trinajstić information content (AvgIpc) is 2.97. The molecule has 0 aliphatic carbocycles. The lowest BCUT2D eigenvalue weighted by Gasteiger charge is -2.26. The molecule has 48 heavy (non-hydrogen) atoms. The second-order valence-electron chi connectivity index (χ2n) is 12.4. The van der Waals surface area contributed by atoms with E-state index in [-0.39, 0.29) is 17.8 Å². The molecule has 8 nitrogen and oxygen atoms in total. The number of carbonyl (C=O) groups is 3. The maximum atomic E-state index is 13.5. The standard InChI is InChI=1S/C34H39F6N5O3/c1-20-10-11-22(21(2)14-20)16-41-18-28(31(48)45-32(3,4)5)44-29(46)19-43-30(47)25-15-24(33(35,36)37)12-13-27(25)42-17-23-8-6-7-9-26(23)34(38,39)40/h6-15,28,41-42H,16-19H2,1-5H3,(H,43,47)(H,44,46)(H,45,48). The Balaban J connectivity index is 1.74. The molecule has 0 aromatic heterocycles. The van der Waals surface area contributed by atoms with Gasteiger partial charge >= 0.3 is 12.4 Å². The Labute approximate surface area is 275 Å². The number of rotatable bonds is 12. The SMILES string of the molecule is Cc1ccc(CNCC(NC(=O)CNC(=O)c2cc(C(F)(F)F)ccc2NCc2ccccc2C(F)(F)F)C(=O)NC(C)(C)C)c(C)c1. The van der Waals surface area contributed by atoms with Crippen LogP contribution in [0.4, 0.5) is 32.0 Å². The molecular formula is C34H39F6N5O3. The van der Waals surface area contributed by atoms with Crippen molar-refractivity contribution in [3.05, 3.63) is 99.6 Å². The molecule has 5 N–H and O–H groups in total. The number of anilines is 1. The van der Waals surface area contributed by atoms with Crippen molar-refractivity contribution in [2.75, 3.05) is 18.4 Å². The summed E-state index contributed by atoms with van der Waals surface area (Å²) in [5.41, 5.74) is -0.549. The van der Waals surface area contributed by atoms with Crippen LogP contribution >= 0.6 is 0 Å². The number of carbonyl (C=O) groups excluding carboxylic acids is 3. The van der Waals surface area contributed by atoms with Crippen molar-refractivity contribution >= 4 is 23.4 Å². The van der Waals surface area contributed by atoms with Gasteiger partial charge in [-0.05, 0) is 75.6 Å². The first kappa shape index (κ1) is 37.9. The molecule has 3 amide bonds. The van der Waals surface area contributed by atoms with E-state index in [0.29, 0.717) is 18.7 Å². The Morgan fingerprint density at radius 3 is 2.10 bits per heavy atom. The van der Waals surface area contributed by atoms with Crippen LogP contribution in [0.25, 0.3) is 0 Å². The zero-order chi connectivity index (χ0) is 35.9. The third kappa shape index (κ3) is 11.3. The Morgan fingerprint density at radius 1 is 0.792 bits per heavy atom. The summed E-state index contributed by atoms with van der Waals surface area (Å²) in [6.45, 7) is 8.45. The van der Waals surface area contributed by atoms with Crippen LogP contribution in [0.2, 0.25) is 0 Å². The third-order valence-electron chi connectivity index (χ3n) is 7.10.